The molecule has 0 saturated heterocycles. The van der Waals surface area contributed by atoms with Crippen LogP contribution in [0, 0.1) is 5.82 Å². The summed E-state index contributed by atoms with van der Waals surface area (Å²) in [4.78, 5) is 15.6. The molecule has 1 aromatic carbocycles. The molecule has 18 heavy (non-hydrogen) atoms. The number of benzene rings is 1. The van der Waals surface area contributed by atoms with Crippen LogP contribution in [0.15, 0.2) is 41.0 Å². The Balaban J connectivity index is 2.16. The van der Waals surface area contributed by atoms with E-state index in [2.05, 4.69) is 26.2 Å². The fourth-order valence-corrected chi connectivity index (χ4v) is 1.57. The van der Waals surface area contributed by atoms with E-state index in [9.17, 15) is 9.18 Å². The van der Waals surface area contributed by atoms with E-state index in [1.807, 2.05) is 0 Å². The van der Waals surface area contributed by atoms with Crippen molar-refractivity contribution in [2.75, 3.05) is 11.1 Å². The zero-order chi connectivity index (χ0) is 13.1. The minimum absolute atomic E-state index is 0.229. The van der Waals surface area contributed by atoms with Gasteiger partial charge in [-0.1, -0.05) is 0 Å². The second-order valence-electron chi connectivity index (χ2n) is 3.55. The molecule has 0 saturated carbocycles. The van der Waals surface area contributed by atoms with Gasteiger partial charge in [0, 0.05) is 5.56 Å². The summed E-state index contributed by atoms with van der Waals surface area (Å²) in [7, 11) is 0. The van der Waals surface area contributed by atoms with Gasteiger partial charge in [-0.2, -0.15) is 0 Å². The number of anilines is 2. The average molecular weight is 310 g/mol. The van der Waals surface area contributed by atoms with Crippen molar-refractivity contribution in [2.45, 2.75) is 0 Å². The van der Waals surface area contributed by atoms with Gasteiger partial charge in [0.2, 0.25) is 0 Å². The predicted octanol–water partition coefficient (Wildman–Crippen LogP) is 2.82. The van der Waals surface area contributed by atoms with Crippen LogP contribution in [0.25, 0.3) is 0 Å². The van der Waals surface area contributed by atoms with E-state index in [4.69, 9.17) is 5.73 Å². The molecule has 0 unspecified atom stereocenters. The first kappa shape index (κ1) is 12.5. The third-order valence-electron chi connectivity index (χ3n) is 2.23. The number of rotatable bonds is 2. The molecule has 4 nitrogen and oxygen atoms in total. The van der Waals surface area contributed by atoms with Gasteiger partial charge in [-0.05, 0) is 46.3 Å². The van der Waals surface area contributed by atoms with Crippen molar-refractivity contribution in [2.24, 2.45) is 0 Å². The van der Waals surface area contributed by atoms with Crippen molar-refractivity contribution < 1.29 is 9.18 Å². The van der Waals surface area contributed by atoms with E-state index in [1.54, 1.807) is 12.1 Å². The topological polar surface area (TPSA) is 68.0 Å². The molecule has 2 aromatic rings. The van der Waals surface area contributed by atoms with Gasteiger partial charge in [0.05, 0.1) is 16.4 Å². The molecule has 0 aliphatic heterocycles. The molecule has 1 amide bonds. The molecule has 0 aliphatic rings. The molecule has 0 bridgehead atoms. The molecule has 0 spiro atoms. The summed E-state index contributed by atoms with van der Waals surface area (Å²) in [6.07, 6.45) is 1.43. The third kappa shape index (κ3) is 2.84. The van der Waals surface area contributed by atoms with Gasteiger partial charge >= 0.3 is 0 Å². The van der Waals surface area contributed by atoms with E-state index in [-0.39, 0.29) is 5.56 Å². The van der Waals surface area contributed by atoms with Crippen LogP contribution in [0.5, 0.6) is 0 Å². The van der Waals surface area contributed by atoms with E-state index in [0.717, 1.165) is 6.07 Å². The number of carbonyl (C=O) groups is 1. The Bertz CT molecular complexity index is 586. The molecular weight excluding hydrogens is 301 g/mol. The number of carbonyl (C=O) groups excluding carboxylic acids is 1. The Kier molecular flexibility index (Phi) is 3.57. The summed E-state index contributed by atoms with van der Waals surface area (Å²) in [5, 5.41) is 2.59. The van der Waals surface area contributed by atoms with Crippen molar-refractivity contribution in [3.8, 4) is 0 Å². The number of pyridine rings is 1. The smallest absolute Gasteiger partial charge is 0.255 e. The van der Waals surface area contributed by atoms with Crippen LogP contribution in [-0.4, -0.2) is 10.9 Å². The fraction of sp³-hybridized carbons (Fsp3) is 0. The van der Waals surface area contributed by atoms with Crippen molar-refractivity contribution in [3.63, 3.8) is 0 Å². The Labute approximate surface area is 111 Å². The predicted molar refractivity (Wildman–Crippen MR) is 70.7 cm³/mol. The molecule has 3 N–H and O–H groups in total. The third-order valence-corrected chi connectivity index (χ3v) is 2.87. The summed E-state index contributed by atoms with van der Waals surface area (Å²) in [6, 6.07) is 7.34. The van der Waals surface area contributed by atoms with Gasteiger partial charge < -0.3 is 11.1 Å². The zero-order valence-electron chi connectivity index (χ0n) is 9.15. The normalized spacial score (nSPS) is 10.1. The number of amides is 1. The highest BCUT2D eigenvalue weighted by molar-refractivity contribution is 9.10. The molecule has 0 atom stereocenters. The molecule has 1 heterocycles. The fourth-order valence-electron chi connectivity index (χ4n) is 1.32. The van der Waals surface area contributed by atoms with Crippen LogP contribution in [0.2, 0.25) is 0 Å². The summed E-state index contributed by atoms with van der Waals surface area (Å²) in [5.74, 6) is -0.534. The molecule has 92 valence electrons. The molecule has 2 rings (SSSR count). The van der Waals surface area contributed by atoms with Crippen LogP contribution in [0.1, 0.15) is 10.4 Å². The Morgan fingerprint density at radius 3 is 2.72 bits per heavy atom. The van der Waals surface area contributed by atoms with Crippen molar-refractivity contribution in [1.82, 2.24) is 4.98 Å². The van der Waals surface area contributed by atoms with Gasteiger partial charge in [-0.25, -0.2) is 9.37 Å². The lowest BCUT2D eigenvalue weighted by Gasteiger charge is -2.05. The van der Waals surface area contributed by atoms with Gasteiger partial charge in [-0.15, -0.1) is 0 Å². The molecule has 0 radical (unpaired) electrons. The zero-order valence-corrected chi connectivity index (χ0v) is 10.7. The van der Waals surface area contributed by atoms with Crippen molar-refractivity contribution >= 4 is 33.3 Å². The quantitative estimate of drug-likeness (QED) is 0.896. The number of hydrogen-bond donors (Lipinski definition) is 2. The van der Waals surface area contributed by atoms with Crippen LogP contribution < -0.4 is 11.1 Å². The van der Waals surface area contributed by atoms with Gasteiger partial charge in [0.15, 0.2) is 0 Å². The monoisotopic (exact) mass is 309 g/mol. The van der Waals surface area contributed by atoms with E-state index < -0.39 is 11.7 Å². The van der Waals surface area contributed by atoms with Crippen LogP contribution >= 0.6 is 15.9 Å². The summed E-state index contributed by atoms with van der Waals surface area (Å²) < 4.78 is 13.6. The average Bonchev–Trinajstić information content (AvgIpc) is 2.35. The van der Waals surface area contributed by atoms with Crippen LogP contribution in [0.3, 0.4) is 0 Å². The largest absolute Gasteiger partial charge is 0.384 e. The van der Waals surface area contributed by atoms with Gasteiger partial charge in [-0.3, -0.25) is 4.79 Å². The van der Waals surface area contributed by atoms with Crippen molar-refractivity contribution in [3.05, 3.63) is 52.4 Å². The van der Waals surface area contributed by atoms with E-state index >= 15 is 0 Å². The lowest BCUT2D eigenvalue weighted by atomic mass is 10.2. The van der Waals surface area contributed by atoms with E-state index in [1.165, 1.54) is 18.3 Å². The lowest BCUT2D eigenvalue weighted by Crippen LogP contribution is -2.12. The number of nitrogens with two attached hydrogens (primary N) is 1. The Morgan fingerprint density at radius 2 is 2.11 bits per heavy atom. The summed E-state index contributed by atoms with van der Waals surface area (Å²) in [5.41, 5.74) is 6.15. The first-order valence-corrected chi connectivity index (χ1v) is 5.83. The molecule has 0 aliphatic carbocycles. The second-order valence-corrected chi connectivity index (χ2v) is 4.41. The van der Waals surface area contributed by atoms with Crippen LogP contribution in [-0.2, 0) is 0 Å². The Morgan fingerprint density at radius 1 is 1.33 bits per heavy atom. The Hall–Kier alpha value is -1.95. The lowest BCUT2D eigenvalue weighted by molar-refractivity contribution is 0.102. The number of nitrogen functional groups attached to an aromatic ring is 1. The van der Waals surface area contributed by atoms with Gasteiger partial charge in [0.25, 0.3) is 5.91 Å². The molecule has 6 heteroatoms. The van der Waals surface area contributed by atoms with Crippen molar-refractivity contribution in [1.29, 1.82) is 0 Å². The van der Waals surface area contributed by atoms with Gasteiger partial charge in [0.1, 0.15) is 11.6 Å². The first-order valence-electron chi connectivity index (χ1n) is 5.04. The first-order chi connectivity index (χ1) is 8.56. The number of nitrogens with one attached hydrogen (secondary N) is 1. The number of nitrogens with zero attached hydrogens (tertiary/aromatic N) is 1. The summed E-state index contributed by atoms with van der Waals surface area (Å²) in [6.45, 7) is 0. The maximum Gasteiger partial charge on any atom is 0.255 e. The maximum atomic E-state index is 13.3. The van der Waals surface area contributed by atoms with E-state index in [0.29, 0.717) is 16.0 Å². The number of hydrogen-bond acceptors (Lipinski definition) is 3. The molecule has 1 aromatic heterocycles. The standard InChI is InChI=1S/C12H9BrFN3O/c13-9-3-1-7(5-10(9)14)12(18)17-8-2-4-11(15)16-6-8/h1-6H,(H2,15,16)(H,17,18). The minimum atomic E-state index is -0.488. The number of aromatic nitrogens is 1. The maximum absolute atomic E-state index is 13.3. The summed E-state index contributed by atoms with van der Waals surface area (Å²) >= 11 is 3.02. The molecular formula is C12H9BrFN3O. The SMILES string of the molecule is Nc1ccc(NC(=O)c2ccc(Br)c(F)c2)cn1. The highest BCUT2D eigenvalue weighted by atomic mass is 79.9. The second kappa shape index (κ2) is 5.14. The highest BCUT2D eigenvalue weighted by Crippen LogP contribution is 2.17. The van der Waals surface area contributed by atoms with Crippen LogP contribution in [0.4, 0.5) is 15.9 Å². The minimum Gasteiger partial charge on any atom is -0.384 e. The number of halogens is 2. The highest BCUT2D eigenvalue weighted by Gasteiger charge is 2.09. The molecule has 0 fully saturated rings.